The molecule has 16 heavy (non-hydrogen) atoms. The Morgan fingerprint density at radius 1 is 1.19 bits per heavy atom. The highest BCUT2D eigenvalue weighted by Gasteiger charge is 2.60. The lowest BCUT2D eigenvalue weighted by atomic mass is 9.92. The predicted molar refractivity (Wildman–Crippen MR) is 56.8 cm³/mol. The molecule has 6 atom stereocenters. The molecule has 0 N–H and O–H groups in total. The van der Waals surface area contributed by atoms with E-state index >= 15 is 0 Å². The first-order chi connectivity index (χ1) is 7.52. The summed E-state index contributed by atoms with van der Waals surface area (Å²) in [6.45, 7) is 6.13. The van der Waals surface area contributed by atoms with E-state index in [0.717, 1.165) is 6.42 Å². The van der Waals surface area contributed by atoms with Gasteiger partial charge >= 0.3 is 0 Å². The van der Waals surface area contributed by atoms with Gasteiger partial charge in [-0.05, 0) is 26.2 Å². The fraction of sp³-hybridized carbons (Fsp3) is 1.00. The van der Waals surface area contributed by atoms with Gasteiger partial charge in [0.25, 0.3) is 0 Å². The molecule has 4 heteroatoms. The molecule has 3 rings (SSSR count). The normalized spacial score (nSPS) is 54.0. The third-order valence-electron chi connectivity index (χ3n) is 4.07. The molecule has 3 aliphatic rings. The molecule has 0 aromatic carbocycles. The van der Waals surface area contributed by atoms with Gasteiger partial charge < -0.3 is 18.9 Å². The number of methoxy groups -OCH3 is 1. The summed E-state index contributed by atoms with van der Waals surface area (Å²) in [5, 5.41) is 0. The quantitative estimate of drug-likeness (QED) is 0.682. The molecule has 92 valence electrons. The summed E-state index contributed by atoms with van der Waals surface area (Å²) in [6.07, 6.45) is 1.27. The molecule has 0 aromatic rings. The van der Waals surface area contributed by atoms with Crippen molar-refractivity contribution < 1.29 is 18.9 Å². The molecular weight excluding hydrogens is 208 g/mol. The first-order valence-electron chi connectivity index (χ1n) is 6.06. The predicted octanol–water partition coefficient (Wildman–Crippen LogP) is 1.53. The highest BCUT2D eigenvalue weighted by Crippen LogP contribution is 2.50. The van der Waals surface area contributed by atoms with Crippen LogP contribution in [0.25, 0.3) is 0 Å². The molecule has 0 aromatic heterocycles. The van der Waals surface area contributed by atoms with Crippen LogP contribution in [0.5, 0.6) is 0 Å². The van der Waals surface area contributed by atoms with Gasteiger partial charge in [-0.1, -0.05) is 6.92 Å². The van der Waals surface area contributed by atoms with Crippen LogP contribution in [0.1, 0.15) is 27.2 Å². The topological polar surface area (TPSA) is 36.9 Å². The Morgan fingerprint density at radius 3 is 2.62 bits per heavy atom. The van der Waals surface area contributed by atoms with Crippen LogP contribution in [0.15, 0.2) is 0 Å². The molecule has 1 saturated carbocycles. The molecular formula is C12H20O4. The maximum Gasteiger partial charge on any atom is 0.187 e. The molecule has 0 unspecified atom stereocenters. The highest BCUT2D eigenvalue weighted by molar-refractivity contribution is 5.03. The number of hydrogen-bond acceptors (Lipinski definition) is 4. The van der Waals surface area contributed by atoms with Crippen molar-refractivity contribution in [3.8, 4) is 0 Å². The van der Waals surface area contributed by atoms with Gasteiger partial charge in [-0.25, -0.2) is 0 Å². The number of ether oxygens (including phenoxy) is 4. The minimum Gasteiger partial charge on any atom is -0.379 e. The van der Waals surface area contributed by atoms with E-state index in [4.69, 9.17) is 18.9 Å². The second kappa shape index (κ2) is 3.42. The molecule has 2 saturated heterocycles. The van der Waals surface area contributed by atoms with E-state index in [2.05, 4.69) is 6.92 Å². The molecule has 1 aliphatic carbocycles. The summed E-state index contributed by atoms with van der Waals surface area (Å²) >= 11 is 0. The summed E-state index contributed by atoms with van der Waals surface area (Å²) in [7, 11) is 1.75. The zero-order valence-corrected chi connectivity index (χ0v) is 10.3. The highest BCUT2D eigenvalue weighted by atomic mass is 16.8. The lowest BCUT2D eigenvalue weighted by Gasteiger charge is -2.24. The van der Waals surface area contributed by atoms with E-state index in [-0.39, 0.29) is 24.6 Å². The van der Waals surface area contributed by atoms with E-state index < -0.39 is 5.79 Å². The molecule has 2 heterocycles. The van der Waals surface area contributed by atoms with Crippen LogP contribution in [-0.4, -0.2) is 37.5 Å². The van der Waals surface area contributed by atoms with Crippen molar-refractivity contribution in [2.24, 2.45) is 11.8 Å². The van der Waals surface area contributed by atoms with Gasteiger partial charge in [-0.3, -0.25) is 0 Å². The number of hydrogen-bond donors (Lipinski definition) is 0. The van der Waals surface area contributed by atoms with Crippen molar-refractivity contribution in [2.75, 3.05) is 7.11 Å². The van der Waals surface area contributed by atoms with Crippen LogP contribution in [0.2, 0.25) is 0 Å². The third-order valence-corrected chi connectivity index (χ3v) is 4.07. The van der Waals surface area contributed by atoms with Crippen LogP contribution in [0, 0.1) is 11.8 Å². The molecule has 0 spiro atoms. The minimum atomic E-state index is -0.509. The molecule has 4 nitrogen and oxygen atoms in total. The lowest BCUT2D eigenvalue weighted by Crippen LogP contribution is -2.32. The van der Waals surface area contributed by atoms with E-state index in [0.29, 0.717) is 11.8 Å². The van der Waals surface area contributed by atoms with Crippen LogP contribution in [0.4, 0.5) is 0 Å². The Bertz CT molecular complexity index is 291. The SMILES string of the molecule is CO[C@@H]1C[C@H](C)[C@@H]2[C@H]3OC(C)(C)O[C@H]3O[C@@H]21. The first kappa shape index (κ1) is 11.0. The average Bonchev–Trinajstić information content (AvgIpc) is 2.74. The summed E-state index contributed by atoms with van der Waals surface area (Å²) in [4.78, 5) is 0. The van der Waals surface area contributed by atoms with Gasteiger partial charge in [0.2, 0.25) is 0 Å². The second-order valence-electron chi connectivity index (χ2n) is 5.63. The third kappa shape index (κ3) is 1.44. The molecule has 0 amide bonds. The van der Waals surface area contributed by atoms with Gasteiger partial charge in [-0.2, -0.15) is 0 Å². The van der Waals surface area contributed by atoms with Crippen molar-refractivity contribution in [3.05, 3.63) is 0 Å². The van der Waals surface area contributed by atoms with Crippen molar-refractivity contribution >= 4 is 0 Å². The maximum atomic E-state index is 5.95. The zero-order chi connectivity index (χ0) is 11.5. The van der Waals surface area contributed by atoms with Crippen molar-refractivity contribution in [3.63, 3.8) is 0 Å². The van der Waals surface area contributed by atoms with Crippen LogP contribution in [-0.2, 0) is 18.9 Å². The van der Waals surface area contributed by atoms with Crippen LogP contribution in [0.3, 0.4) is 0 Å². The Balaban J connectivity index is 1.81. The minimum absolute atomic E-state index is 0.0788. The van der Waals surface area contributed by atoms with Gasteiger partial charge in [-0.15, -0.1) is 0 Å². The maximum absolute atomic E-state index is 5.95. The summed E-state index contributed by atoms with van der Waals surface area (Å²) in [5.41, 5.74) is 0. The summed E-state index contributed by atoms with van der Waals surface area (Å²) < 4.78 is 23.1. The summed E-state index contributed by atoms with van der Waals surface area (Å²) in [6, 6.07) is 0. The standard InChI is InChI=1S/C12H20O4/c1-6-5-7(13-4)9-8(6)10-11(14-9)16-12(2,3)15-10/h6-11H,5H2,1-4H3/t6-,7+,8-,9+,10+,11+/m0/s1. The lowest BCUT2D eigenvalue weighted by molar-refractivity contribution is -0.216. The fourth-order valence-corrected chi connectivity index (χ4v) is 3.43. The second-order valence-corrected chi connectivity index (χ2v) is 5.63. The van der Waals surface area contributed by atoms with E-state index in [1.54, 1.807) is 7.11 Å². The van der Waals surface area contributed by atoms with Gasteiger partial charge in [0, 0.05) is 13.0 Å². The fourth-order valence-electron chi connectivity index (χ4n) is 3.43. The Morgan fingerprint density at radius 2 is 1.94 bits per heavy atom. The van der Waals surface area contributed by atoms with Gasteiger partial charge in [0.1, 0.15) is 6.10 Å². The van der Waals surface area contributed by atoms with Crippen LogP contribution >= 0.6 is 0 Å². The largest absolute Gasteiger partial charge is 0.379 e. The van der Waals surface area contributed by atoms with Crippen LogP contribution < -0.4 is 0 Å². The van der Waals surface area contributed by atoms with Crippen molar-refractivity contribution in [2.45, 2.75) is 57.6 Å². The molecule has 0 bridgehead atoms. The summed E-state index contributed by atoms with van der Waals surface area (Å²) in [5.74, 6) is 0.477. The number of rotatable bonds is 1. The number of fused-ring (bicyclic) bond motifs is 3. The Kier molecular flexibility index (Phi) is 2.34. The van der Waals surface area contributed by atoms with Crippen molar-refractivity contribution in [1.29, 1.82) is 0 Å². The van der Waals surface area contributed by atoms with E-state index in [1.165, 1.54) is 0 Å². The van der Waals surface area contributed by atoms with Gasteiger partial charge in [0.15, 0.2) is 12.1 Å². The molecule has 3 fully saturated rings. The van der Waals surface area contributed by atoms with Crippen molar-refractivity contribution in [1.82, 2.24) is 0 Å². The van der Waals surface area contributed by atoms with E-state index in [1.807, 2.05) is 13.8 Å². The zero-order valence-electron chi connectivity index (χ0n) is 10.3. The Hall–Kier alpha value is -0.160. The average molecular weight is 228 g/mol. The van der Waals surface area contributed by atoms with E-state index in [9.17, 15) is 0 Å². The smallest absolute Gasteiger partial charge is 0.187 e. The molecule has 2 aliphatic heterocycles. The Labute approximate surface area is 96.2 Å². The van der Waals surface area contributed by atoms with Gasteiger partial charge in [0.05, 0.1) is 12.2 Å². The monoisotopic (exact) mass is 228 g/mol. The first-order valence-corrected chi connectivity index (χ1v) is 6.06. The molecule has 0 radical (unpaired) electrons.